The summed E-state index contributed by atoms with van der Waals surface area (Å²) in [7, 11) is 0. The van der Waals surface area contributed by atoms with Gasteiger partial charge < -0.3 is 0 Å². The Labute approximate surface area is 177 Å². The number of rotatable bonds is 3. The van der Waals surface area contributed by atoms with E-state index in [-0.39, 0.29) is 0 Å². The van der Waals surface area contributed by atoms with E-state index in [1.165, 1.54) is 55.8 Å². The predicted molar refractivity (Wildman–Crippen MR) is 128 cm³/mol. The fourth-order valence-corrected chi connectivity index (χ4v) is 5.36. The molecule has 0 bridgehead atoms. The van der Waals surface area contributed by atoms with Gasteiger partial charge in [-0.1, -0.05) is 103 Å². The van der Waals surface area contributed by atoms with Crippen LogP contribution in [-0.4, -0.2) is 0 Å². The first-order valence-corrected chi connectivity index (χ1v) is 10.9. The molecule has 0 fully saturated rings. The Morgan fingerprint density at radius 2 is 1.27 bits per heavy atom. The lowest BCUT2D eigenvalue weighted by Crippen LogP contribution is -2.12. The molecule has 0 aliphatic heterocycles. The van der Waals surface area contributed by atoms with Crippen LogP contribution in [0.15, 0.2) is 103 Å². The van der Waals surface area contributed by atoms with Crippen LogP contribution in [0.3, 0.4) is 0 Å². The summed E-state index contributed by atoms with van der Waals surface area (Å²) in [6.45, 7) is 0. The van der Waals surface area contributed by atoms with Gasteiger partial charge in [0.05, 0.1) is 0 Å². The topological polar surface area (TPSA) is 0 Å². The lowest BCUT2D eigenvalue weighted by atomic mass is 9.76. The summed E-state index contributed by atoms with van der Waals surface area (Å²) < 4.78 is 0. The average molecular weight is 385 g/mol. The predicted octanol–water partition coefficient (Wildman–Crippen LogP) is 7.93. The molecule has 0 saturated carbocycles. The zero-order valence-electron chi connectivity index (χ0n) is 17.0. The van der Waals surface area contributed by atoms with Crippen molar-refractivity contribution in [3.8, 4) is 11.1 Å². The Morgan fingerprint density at radius 1 is 0.600 bits per heavy atom. The second kappa shape index (κ2) is 7.15. The molecule has 0 amide bonds. The first kappa shape index (κ1) is 17.5. The monoisotopic (exact) mass is 384 g/mol. The second-order valence-corrected chi connectivity index (χ2v) is 8.49. The second-order valence-electron chi connectivity index (χ2n) is 8.49. The Morgan fingerprint density at radius 3 is 2.17 bits per heavy atom. The maximum atomic E-state index is 2.42. The molecule has 0 spiro atoms. The summed E-state index contributed by atoms with van der Waals surface area (Å²) >= 11 is 0. The van der Waals surface area contributed by atoms with Gasteiger partial charge >= 0.3 is 0 Å². The van der Waals surface area contributed by atoms with Crippen molar-refractivity contribution in [2.75, 3.05) is 0 Å². The number of fused-ring (bicyclic) bond motifs is 6. The zero-order chi connectivity index (χ0) is 19.9. The van der Waals surface area contributed by atoms with E-state index in [0.717, 1.165) is 12.8 Å². The molecule has 0 N–H and O–H groups in total. The maximum absolute atomic E-state index is 2.42. The van der Waals surface area contributed by atoms with Crippen LogP contribution in [0.5, 0.6) is 0 Å². The van der Waals surface area contributed by atoms with Gasteiger partial charge in [0.1, 0.15) is 0 Å². The van der Waals surface area contributed by atoms with Crippen LogP contribution in [0, 0.1) is 0 Å². The molecular weight excluding hydrogens is 360 g/mol. The summed E-state index contributed by atoms with van der Waals surface area (Å²) in [5, 5.41) is 5.48. The maximum Gasteiger partial charge on any atom is -0.0103 e. The van der Waals surface area contributed by atoms with E-state index in [0.29, 0.717) is 5.92 Å². The molecule has 1 aliphatic carbocycles. The van der Waals surface area contributed by atoms with Crippen molar-refractivity contribution in [2.45, 2.75) is 25.2 Å². The Bertz CT molecular complexity index is 1380. The Hall–Kier alpha value is -3.38. The third-order valence-corrected chi connectivity index (χ3v) is 6.79. The largest absolute Gasteiger partial charge is 0.0620 e. The average Bonchev–Trinajstić information content (AvgIpc) is 2.82. The van der Waals surface area contributed by atoms with Crippen LogP contribution < -0.4 is 0 Å². The van der Waals surface area contributed by atoms with E-state index in [9.17, 15) is 0 Å². The summed E-state index contributed by atoms with van der Waals surface area (Å²) in [6, 6.07) is 38.0. The first-order valence-electron chi connectivity index (χ1n) is 10.9. The van der Waals surface area contributed by atoms with Gasteiger partial charge in [0.25, 0.3) is 0 Å². The van der Waals surface area contributed by atoms with Crippen molar-refractivity contribution < 1.29 is 0 Å². The molecule has 0 heterocycles. The number of hydrogen-bond donors (Lipinski definition) is 0. The van der Waals surface area contributed by atoms with Crippen molar-refractivity contribution in [3.05, 3.63) is 120 Å². The van der Waals surface area contributed by atoms with Gasteiger partial charge in [-0.15, -0.1) is 0 Å². The molecule has 0 heteroatoms. The van der Waals surface area contributed by atoms with Crippen molar-refractivity contribution in [2.24, 2.45) is 0 Å². The number of hydrogen-bond acceptors (Lipinski definition) is 0. The third kappa shape index (κ3) is 2.83. The first-order chi connectivity index (χ1) is 14.9. The minimum atomic E-state index is 0.571. The van der Waals surface area contributed by atoms with E-state index in [2.05, 4.69) is 103 Å². The Kier molecular flexibility index (Phi) is 4.16. The minimum Gasteiger partial charge on any atom is -0.0620 e. The minimum absolute atomic E-state index is 0.571. The highest BCUT2D eigenvalue weighted by Gasteiger charge is 2.24. The molecule has 5 aromatic carbocycles. The van der Waals surface area contributed by atoms with Gasteiger partial charge in [-0.3, -0.25) is 0 Å². The quantitative estimate of drug-likeness (QED) is 0.277. The van der Waals surface area contributed by atoms with Gasteiger partial charge in [-0.05, 0) is 74.5 Å². The van der Waals surface area contributed by atoms with Crippen molar-refractivity contribution in [1.82, 2.24) is 0 Å². The van der Waals surface area contributed by atoms with Crippen molar-refractivity contribution in [1.29, 1.82) is 0 Å². The highest BCUT2D eigenvalue weighted by molar-refractivity contribution is 6.08. The molecule has 1 aliphatic rings. The SMILES string of the molecule is c1ccc2c(c1)CC(CCc1cc3ccccc3c3ccccc13)c1ccccc1-2. The molecule has 0 aromatic heterocycles. The molecule has 1 atom stereocenters. The van der Waals surface area contributed by atoms with Crippen molar-refractivity contribution in [3.63, 3.8) is 0 Å². The molecule has 6 rings (SSSR count). The third-order valence-electron chi connectivity index (χ3n) is 6.79. The smallest absolute Gasteiger partial charge is 0.0103 e. The molecular formula is C30H24. The molecule has 1 unspecified atom stereocenters. The normalized spacial score (nSPS) is 15.1. The van der Waals surface area contributed by atoms with Crippen LogP contribution in [-0.2, 0) is 12.8 Å². The summed E-state index contributed by atoms with van der Waals surface area (Å²) in [5.74, 6) is 0.571. The standard InChI is InChI=1S/C30H24/c1-3-11-25-21(9-1)19-23(27-13-5-7-15-29(25)27)17-18-24-20-22-10-2-4-12-26(22)30-16-8-6-14-28(24)30/h1-16,19,24H,17-18,20H2. The molecule has 0 radical (unpaired) electrons. The van der Waals surface area contributed by atoms with E-state index < -0.39 is 0 Å². The van der Waals surface area contributed by atoms with Gasteiger partial charge in [0.15, 0.2) is 0 Å². The van der Waals surface area contributed by atoms with E-state index in [1.54, 1.807) is 0 Å². The highest BCUT2D eigenvalue weighted by atomic mass is 14.3. The molecule has 5 aromatic rings. The summed E-state index contributed by atoms with van der Waals surface area (Å²) in [4.78, 5) is 0. The molecule has 0 saturated heterocycles. The van der Waals surface area contributed by atoms with Crippen LogP contribution in [0.4, 0.5) is 0 Å². The molecule has 0 nitrogen and oxygen atoms in total. The Balaban J connectivity index is 1.40. The van der Waals surface area contributed by atoms with Crippen LogP contribution in [0.25, 0.3) is 32.7 Å². The fraction of sp³-hybridized carbons (Fsp3) is 0.133. The van der Waals surface area contributed by atoms with Gasteiger partial charge in [-0.2, -0.15) is 0 Å². The van der Waals surface area contributed by atoms with Gasteiger partial charge in [0, 0.05) is 0 Å². The number of aryl methyl sites for hydroxylation is 1. The molecule has 30 heavy (non-hydrogen) atoms. The van der Waals surface area contributed by atoms with Gasteiger partial charge in [0.2, 0.25) is 0 Å². The lowest BCUT2D eigenvalue weighted by molar-refractivity contribution is 0.617. The van der Waals surface area contributed by atoms with Crippen LogP contribution >= 0.6 is 0 Å². The van der Waals surface area contributed by atoms with Crippen molar-refractivity contribution >= 4 is 21.5 Å². The van der Waals surface area contributed by atoms with E-state index in [4.69, 9.17) is 0 Å². The van der Waals surface area contributed by atoms with Crippen LogP contribution in [0.1, 0.15) is 29.0 Å². The number of benzene rings is 5. The molecule has 144 valence electrons. The zero-order valence-corrected chi connectivity index (χ0v) is 17.0. The highest BCUT2D eigenvalue weighted by Crippen LogP contribution is 2.41. The van der Waals surface area contributed by atoms with Gasteiger partial charge in [-0.25, -0.2) is 0 Å². The summed E-state index contributed by atoms with van der Waals surface area (Å²) in [6.07, 6.45) is 3.42. The lowest BCUT2D eigenvalue weighted by Gasteiger charge is -2.28. The summed E-state index contributed by atoms with van der Waals surface area (Å²) in [5.41, 5.74) is 7.32. The van der Waals surface area contributed by atoms with Crippen LogP contribution in [0.2, 0.25) is 0 Å². The van der Waals surface area contributed by atoms with E-state index >= 15 is 0 Å². The fourth-order valence-electron chi connectivity index (χ4n) is 5.36. The van der Waals surface area contributed by atoms with E-state index in [1.807, 2.05) is 0 Å².